The summed E-state index contributed by atoms with van der Waals surface area (Å²) in [4.78, 5) is 0. The average molecular weight is 305 g/mol. The van der Waals surface area contributed by atoms with Crippen molar-refractivity contribution in [1.29, 1.82) is 5.26 Å². The van der Waals surface area contributed by atoms with Crippen LogP contribution in [-0.4, -0.2) is 22.1 Å². The van der Waals surface area contributed by atoms with Crippen LogP contribution in [0.2, 0.25) is 5.02 Å². The number of nitrogens with zero attached hydrogens (tertiary/aromatic N) is 4. The number of methoxy groups -OCH3 is 1. The Bertz CT molecular complexity index is 671. The Kier molecular flexibility index (Phi) is 4.81. The third kappa shape index (κ3) is 2.86. The van der Waals surface area contributed by atoms with E-state index in [0.29, 0.717) is 22.2 Å². The summed E-state index contributed by atoms with van der Waals surface area (Å²) in [5.41, 5.74) is 1.86. The van der Waals surface area contributed by atoms with Gasteiger partial charge in [0.15, 0.2) is 5.69 Å². The standard InChI is InChI=1S/C15H17ClN4O/c1-4-10(5-2)15-12(9-17)18-19-20(15)13-8-11(16)6-7-14(13)21-3/h6-8,10H,4-5H2,1-3H3. The molecule has 1 aromatic carbocycles. The molecule has 1 aromatic heterocycles. The highest BCUT2D eigenvalue weighted by atomic mass is 35.5. The molecule has 0 fully saturated rings. The minimum Gasteiger partial charge on any atom is -0.494 e. The van der Waals surface area contributed by atoms with Crippen LogP contribution in [0.25, 0.3) is 5.69 Å². The lowest BCUT2D eigenvalue weighted by molar-refractivity contribution is 0.410. The summed E-state index contributed by atoms with van der Waals surface area (Å²) in [6.07, 6.45) is 1.81. The molecule has 0 aliphatic rings. The van der Waals surface area contributed by atoms with Gasteiger partial charge in [0.05, 0.1) is 12.8 Å². The van der Waals surface area contributed by atoms with Crippen LogP contribution in [0.15, 0.2) is 18.2 Å². The van der Waals surface area contributed by atoms with Gasteiger partial charge >= 0.3 is 0 Å². The fourth-order valence-electron chi connectivity index (χ4n) is 2.42. The minimum atomic E-state index is 0.207. The van der Waals surface area contributed by atoms with Crippen LogP contribution in [0.5, 0.6) is 5.75 Å². The molecule has 0 unspecified atom stereocenters. The van der Waals surface area contributed by atoms with E-state index in [9.17, 15) is 5.26 Å². The molecule has 0 atom stereocenters. The quantitative estimate of drug-likeness (QED) is 0.844. The van der Waals surface area contributed by atoms with Gasteiger partial charge in [0, 0.05) is 10.9 Å². The highest BCUT2D eigenvalue weighted by molar-refractivity contribution is 6.30. The maximum absolute atomic E-state index is 9.28. The van der Waals surface area contributed by atoms with Crippen molar-refractivity contribution in [3.8, 4) is 17.5 Å². The summed E-state index contributed by atoms with van der Waals surface area (Å²) in [6.45, 7) is 4.17. The lowest BCUT2D eigenvalue weighted by Crippen LogP contribution is -2.09. The third-order valence-electron chi connectivity index (χ3n) is 3.55. The largest absolute Gasteiger partial charge is 0.494 e. The molecule has 0 saturated heterocycles. The number of hydrogen-bond donors (Lipinski definition) is 0. The first-order valence-electron chi connectivity index (χ1n) is 6.85. The second-order valence-electron chi connectivity index (χ2n) is 4.68. The lowest BCUT2D eigenvalue weighted by Gasteiger charge is -2.16. The summed E-state index contributed by atoms with van der Waals surface area (Å²) in [6, 6.07) is 7.42. The van der Waals surface area contributed by atoms with Crippen molar-refractivity contribution in [1.82, 2.24) is 15.0 Å². The average Bonchev–Trinajstić information content (AvgIpc) is 2.92. The minimum absolute atomic E-state index is 0.207. The first-order chi connectivity index (χ1) is 10.2. The molecule has 0 aliphatic carbocycles. The van der Waals surface area contributed by atoms with E-state index in [1.807, 2.05) is 0 Å². The van der Waals surface area contributed by atoms with E-state index in [4.69, 9.17) is 16.3 Å². The first-order valence-corrected chi connectivity index (χ1v) is 7.23. The van der Waals surface area contributed by atoms with E-state index in [-0.39, 0.29) is 5.92 Å². The molecule has 5 nitrogen and oxygen atoms in total. The zero-order valence-electron chi connectivity index (χ0n) is 12.3. The third-order valence-corrected chi connectivity index (χ3v) is 3.79. The molecule has 0 N–H and O–H groups in total. The van der Waals surface area contributed by atoms with Gasteiger partial charge in [0.25, 0.3) is 0 Å². The second-order valence-corrected chi connectivity index (χ2v) is 5.11. The fraction of sp³-hybridized carbons (Fsp3) is 0.400. The van der Waals surface area contributed by atoms with Crippen LogP contribution in [0, 0.1) is 11.3 Å². The number of nitriles is 1. The maximum atomic E-state index is 9.28. The molecule has 2 rings (SSSR count). The molecular weight excluding hydrogens is 288 g/mol. The number of rotatable bonds is 5. The van der Waals surface area contributed by atoms with Gasteiger partial charge < -0.3 is 4.74 Å². The molecule has 110 valence electrons. The predicted octanol–water partition coefficient (Wildman–Crippen LogP) is 3.70. The lowest BCUT2D eigenvalue weighted by atomic mass is 9.97. The summed E-state index contributed by atoms with van der Waals surface area (Å²) < 4.78 is 7.04. The van der Waals surface area contributed by atoms with Gasteiger partial charge in [-0.3, -0.25) is 0 Å². The molecule has 0 radical (unpaired) electrons. The van der Waals surface area contributed by atoms with E-state index >= 15 is 0 Å². The monoisotopic (exact) mass is 304 g/mol. The molecule has 21 heavy (non-hydrogen) atoms. The summed E-state index contributed by atoms with van der Waals surface area (Å²) in [5.74, 6) is 0.847. The van der Waals surface area contributed by atoms with Gasteiger partial charge in [-0.05, 0) is 31.0 Å². The van der Waals surface area contributed by atoms with Crippen LogP contribution in [-0.2, 0) is 0 Å². The second kappa shape index (κ2) is 6.59. The number of hydrogen-bond acceptors (Lipinski definition) is 4. The first kappa shape index (κ1) is 15.3. The Labute approximate surface area is 129 Å². The summed E-state index contributed by atoms with van der Waals surface area (Å²) in [7, 11) is 1.59. The van der Waals surface area contributed by atoms with Crippen LogP contribution in [0.4, 0.5) is 0 Å². The van der Waals surface area contributed by atoms with Crippen molar-refractivity contribution in [3.63, 3.8) is 0 Å². The van der Waals surface area contributed by atoms with Crippen molar-refractivity contribution in [3.05, 3.63) is 34.6 Å². The van der Waals surface area contributed by atoms with E-state index in [1.165, 1.54) is 0 Å². The molecule has 0 saturated carbocycles. The van der Waals surface area contributed by atoms with Crippen LogP contribution in [0.1, 0.15) is 44.0 Å². The Balaban J connectivity index is 2.68. The van der Waals surface area contributed by atoms with Crippen LogP contribution >= 0.6 is 11.6 Å². The normalized spacial score (nSPS) is 10.7. The number of aromatic nitrogens is 3. The van der Waals surface area contributed by atoms with Crippen molar-refractivity contribution >= 4 is 11.6 Å². The molecular formula is C15H17ClN4O. The van der Waals surface area contributed by atoms with Crippen molar-refractivity contribution < 1.29 is 4.74 Å². The van der Waals surface area contributed by atoms with Gasteiger partial charge in [-0.1, -0.05) is 30.7 Å². The zero-order chi connectivity index (χ0) is 15.4. The zero-order valence-corrected chi connectivity index (χ0v) is 13.1. The Morgan fingerprint density at radius 1 is 1.38 bits per heavy atom. The van der Waals surface area contributed by atoms with Crippen molar-refractivity contribution in [2.75, 3.05) is 7.11 Å². The van der Waals surface area contributed by atoms with E-state index in [1.54, 1.807) is 30.0 Å². The number of halogens is 1. The van der Waals surface area contributed by atoms with Crippen LogP contribution in [0.3, 0.4) is 0 Å². The van der Waals surface area contributed by atoms with E-state index in [2.05, 4.69) is 30.2 Å². The highest BCUT2D eigenvalue weighted by Crippen LogP contribution is 2.32. The highest BCUT2D eigenvalue weighted by Gasteiger charge is 2.22. The Morgan fingerprint density at radius 2 is 2.10 bits per heavy atom. The van der Waals surface area contributed by atoms with Gasteiger partial charge in [0.2, 0.25) is 0 Å². The molecule has 0 bridgehead atoms. The Morgan fingerprint density at radius 3 is 2.67 bits per heavy atom. The maximum Gasteiger partial charge on any atom is 0.186 e. The van der Waals surface area contributed by atoms with Gasteiger partial charge in [-0.15, -0.1) is 5.10 Å². The van der Waals surface area contributed by atoms with Crippen molar-refractivity contribution in [2.45, 2.75) is 32.6 Å². The van der Waals surface area contributed by atoms with Crippen molar-refractivity contribution in [2.24, 2.45) is 0 Å². The molecule has 6 heteroatoms. The molecule has 0 aliphatic heterocycles. The summed E-state index contributed by atoms with van der Waals surface area (Å²) in [5, 5.41) is 18.0. The SMILES string of the molecule is CCC(CC)c1c(C#N)nnn1-c1cc(Cl)ccc1OC. The van der Waals surface area contributed by atoms with Gasteiger partial charge in [0.1, 0.15) is 17.5 Å². The van der Waals surface area contributed by atoms with Crippen LogP contribution < -0.4 is 4.74 Å². The van der Waals surface area contributed by atoms with Gasteiger partial charge in [-0.2, -0.15) is 5.26 Å². The summed E-state index contributed by atoms with van der Waals surface area (Å²) >= 11 is 6.08. The molecule has 1 heterocycles. The van der Waals surface area contributed by atoms with Gasteiger partial charge in [-0.25, -0.2) is 4.68 Å². The molecule has 0 amide bonds. The van der Waals surface area contributed by atoms with E-state index in [0.717, 1.165) is 18.5 Å². The molecule has 2 aromatic rings. The number of benzene rings is 1. The topological polar surface area (TPSA) is 63.7 Å². The fourth-order valence-corrected chi connectivity index (χ4v) is 2.58. The molecule has 0 spiro atoms. The Hall–Kier alpha value is -2.06. The van der Waals surface area contributed by atoms with E-state index < -0.39 is 0 Å². The number of ether oxygens (including phenoxy) is 1. The predicted molar refractivity (Wildman–Crippen MR) is 81.0 cm³/mol. The smallest absolute Gasteiger partial charge is 0.186 e.